The Hall–Kier alpha value is -0.520. The van der Waals surface area contributed by atoms with Crippen LogP contribution in [0.2, 0.25) is 0 Å². The first-order valence-electron chi connectivity index (χ1n) is 4.85. The molecular formula is C12H20. The zero-order valence-electron chi connectivity index (χ0n) is 8.56. The summed E-state index contributed by atoms with van der Waals surface area (Å²) in [5.74, 6) is 0.862. The molecule has 0 aromatic rings. The molecule has 0 spiro atoms. The third-order valence-corrected chi connectivity index (χ3v) is 2.93. The molecule has 0 fully saturated rings. The topological polar surface area (TPSA) is 0 Å². The summed E-state index contributed by atoms with van der Waals surface area (Å²) in [6, 6.07) is 0. The fraction of sp³-hybridized carbons (Fsp3) is 0.667. The third kappa shape index (κ3) is 2.23. The molecule has 0 radical (unpaired) electrons. The fourth-order valence-electron chi connectivity index (χ4n) is 1.83. The molecule has 0 aromatic carbocycles. The molecule has 0 heterocycles. The molecule has 0 N–H and O–H groups in total. The molecule has 0 heteroatoms. The Balaban J connectivity index is 2.57. The van der Waals surface area contributed by atoms with Gasteiger partial charge in [-0.15, -0.1) is 0 Å². The first-order valence-corrected chi connectivity index (χ1v) is 4.85. The van der Waals surface area contributed by atoms with E-state index in [1.165, 1.54) is 24.8 Å². The van der Waals surface area contributed by atoms with E-state index in [0.29, 0.717) is 5.41 Å². The predicted molar refractivity (Wildman–Crippen MR) is 55.1 cm³/mol. The molecule has 0 nitrogen and oxygen atoms in total. The smallest absolute Gasteiger partial charge is 0.0279 e. The van der Waals surface area contributed by atoms with Crippen molar-refractivity contribution in [2.24, 2.45) is 11.3 Å². The second kappa shape index (κ2) is 3.47. The second-order valence-corrected chi connectivity index (χ2v) is 4.82. The highest BCUT2D eigenvalue weighted by molar-refractivity contribution is 5.18. The minimum absolute atomic E-state index is 0.475. The maximum absolute atomic E-state index is 3.80. The SMILES string of the molecule is C=CC1=CC[C@H](C(C)(C)C)CC1. The Morgan fingerprint density at radius 1 is 1.50 bits per heavy atom. The molecule has 0 saturated carbocycles. The maximum Gasteiger partial charge on any atom is -0.0279 e. The van der Waals surface area contributed by atoms with Crippen molar-refractivity contribution in [3.8, 4) is 0 Å². The van der Waals surface area contributed by atoms with Gasteiger partial charge < -0.3 is 0 Å². The standard InChI is InChI=1S/C12H20/c1-5-10-6-8-11(9-7-10)12(2,3)4/h5-6,11H,1,7-9H2,2-4H3/t11-/m0/s1. The summed E-state index contributed by atoms with van der Waals surface area (Å²) in [5, 5.41) is 0. The van der Waals surface area contributed by atoms with Crippen LogP contribution >= 0.6 is 0 Å². The van der Waals surface area contributed by atoms with Crippen molar-refractivity contribution in [3.63, 3.8) is 0 Å². The second-order valence-electron chi connectivity index (χ2n) is 4.82. The monoisotopic (exact) mass is 164 g/mol. The van der Waals surface area contributed by atoms with Crippen LogP contribution in [0.3, 0.4) is 0 Å². The van der Waals surface area contributed by atoms with Gasteiger partial charge in [0.05, 0.1) is 0 Å². The zero-order chi connectivity index (χ0) is 9.19. The molecule has 1 aliphatic carbocycles. The largest absolute Gasteiger partial charge is 0.0988 e. The van der Waals surface area contributed by atoms with Crippen LogP contribution in [0.5, 0.6) is 0 Å². The summed E-state index contributed by atoms with van der Waals surface area (Å²) in [5.41, 5.74) is 1.92. The Morgan fingerprint density at radius 2 is 2.17 bits per heavy atom. The molecule has 1 rings (SSSR count). The Kier molecular flexibility index (Phi) is 2.76. The molecule has 0 aromatic heterocycles. The van der Waals surface area contributed by atoms with E-state index in [2.05, 4.69) is 33.4 Å². The first kappa shape index (κ1) is 9.57. The minimum atomic E-state index is 0.475. The van der Waals surface area contributed by atoms with E-state index in [-0.39, 0.29) is 0 Å². The van der Waals surface area contributed by atoms with Crippen LogP contribution in [0.25, 0.3) is 0 Å². The quantitative estimate of drug-likeness (QED) is 0.550. The van der Waals surface area contributed by atoms with Gasteiger partial charge in [-0.2, -0.15) is 0 Å². The first-order chi connectivity index (χ1) is 5.54. The van der Waals surface area contributed by atoms with Gasteiger partial charge in [0, 0.05) is 0 Å². The van der Waals surface area contributed by atoms with Crippen LogP contribution in [0.1, 0.15) is 40.0 Å². The zero-order valence-corrected chi connectivity index (χ0v) is 8.56. The summed E-state index contributed by atoms with van der Waals surface area (Å²) in [6.07, 6.45) is 8.16. The summed E-state index contributed by atoms with van der Waals surface area (Å²) in [7, 11) is 0. The lowest BCUT2D eigenvalue weighted by atomic mass is 9.73. The highest BCUT2D eigenvalue weighted by Gasteiger charge is 2.25. The van der Waals surface area contributed by atoms with E-state index in [1.807, 2.05) is 6.08 Å². The van der Waals surface area contributed by atoms with E-state index < -0.39 is 0 Å². The number of hydrogen-bond acceptors (Lipinski definition) is 0. The van der Waals surface area contributed by atoms with Crippen LogP contribution < -0.4 is 0 Å². The number of rotatable bonds is 1. The lowest BCUT2D eigenvalue weighted by Gasteiger charge is -2.32. The molecule has 0 amide bonds. The normalized spacial score (nSPS) is 24.9. The Bertz CT molecular complexity index is 191. The highest BCUT2D eigenvalue weighted by Crippen LogP contribution is 2.37. The van der Waals surface area contributed by atoms with Crippen LogP contribution in [0.15, 0.2) is 24.3 Å². The van der Waals surface area contributed by atoms with Crippen molar-refractivity contribution in [1.82, 2.24) is 0 Å². The summed E-state index contributed by atoms with van der Waals surface area (Å²) < 4.78 is 0. The molecule has 0 saturated heterocycles. The molecular weight excluding hydrogens is 144 g/mol. The summed E-state index contributed by atoms with van der Waals surface area (Å²) in [6.45, 7) is 10.8. The molecule has 1 aliphatic rings. The van der Waals surface area contributed by atoms with E-state index in [4.69, 9.17) is 0 Å². The van der Waals surface area contributed by atoms with E-state index >= 15 is 0 Å². The molecule has 0 unspecified atom stereocenters. The van der Waals surface area contributed by atoms with E-state index in [0.717, 1.165) is 5.92 Å². The van der Waals surface area contributed by atoms with Crippen molar-refractivity contribution >= 4 is 0 Å². The Labute approximate surface area is 76.4 Å². The molecule has 0 bridgehead atoms. The van der Waals surface area contributed by atoms with Crippen molar-refractivity contribution in [1.29, 1.82) is 0 Å². The van der Waals surface area contributed by atoms with Gasteiger partial charge in [0.15, 0.2) is 0 Å². The van der Waals surface area contributed by atoms with E-state index in [9.17, 15) is 0 Å². The third-order valence-electron chi connectivity index (χ3n) is 2.93. The average Bonchev–Trinajstić information content (AvgIpc) is 2.03. The van der Waals surface area contributed by atoms with Crippen LogP contribution in [0.4, 0.5) is 0 Å². The van der Waals surface area contributed by atoms with Gasteiger partial charge in [-0.3, -0.25) is 0 Å². The molecule has 68 valence electrons. The van der Waals surface area contributed by atoms with Crippen molar-refractivity contribution in [3.05, 3.63) is 24.3 Å². The Morgan fingerprint density at radius 3 is 2.50 bits per heavy atom. The summed E-state index contributed by atoms with van der Waals surface area (Å²) in [4.78, 5) is 0. The van der Waals surface area contributed by atoms with Gasteiger partial charge in [0.2, 0.25) is 0 Å². The van der Waals surface area contributed by atoms with Crippen LogP contribution in [-0.2, 0) is 0 Å². The lowest BCUT2D eigenvalue weighted by molar-refractivity contribution is 0.221. The predicted octanol–water partition coefficient (Wildman–Crippen LogP) is 3.95. The fourth-order valence-corrected chi connectivity index (χ4v) is 1.83. The van der Waals surface area contributed by atoms with Gasteiger partial charge in [-0.25, -0.2) is 0 Å². The van der Waals surface area contributed by atoms with Crippen molar-refractivity contribution in [2.45, 2.75) is 40.0 Å². The van der Waals surface area contributed by atoms with Gasteiger partial charge in [0.25, 0.3) is 0 Å². The number of hydrogen-bond donors (Lipinski definition) is 0. The number of allylic oxidation sites excluding steroid dienone is 3. The average molecular weight is 164 g/mol. The van der Waals surface area contributed by atoms with Gasteiger partial charge in [0.1, 0.15) is 0 Å². The van der Waals surface area contributed by atoms with E-state index in [1.54, 1.807) is 0 Å². The molecule has 0 aliphatic heterocycles. The lowest BCUT2D eigenvalue weighted by Crippen LogP contribution is -2.21. The molecule has 1 atom stereocenters. The van der Waals surface area contributed by atoms with Crippen molar-refractivity contribution < 1.29 is 0 Å². The van der Waals surface area contributed by atoms with Gasteiger partial charge in [-0.1, -0.05) is 45.1 Å². The minimum Gasteiger partial charge on any atom is -0.0988 e. The van der Waals surface area contributed by atoms with Gasteiger partial charge in [-0.05, 0) is 30.6 Å². The summed E-state index contributed by atoms with van der Waals surface area (Å²) >= 11 is 0. The van der Waals surface area contributed by atoms with Crippen LogP contribution in [0, 0.1) is 11.3 Å². The maximum atomic E-state index is 3.80. The highest BCUT2D eigenvalue weighted by atomic mass is 14.3. The van der Waals surface area contributed by atoms with Gasteiger partial charge >= 0.3 is 0 Å². The van der Waals surface area contributed by atoms with Crippen molar-refractivity contribution in [2.75, 3.05) is 0 Å². The molecule has 12 heavy (non-hydrogen) atoms. The van der Waals surface area contributed by atoms with Crippen LogP contribution in [-0.4, -0.2) is 0 Å².